The highest BCUT2D eigenvalue weighted by molar-refractivity contribution is 5.40. The van der Waals surface area contributed by atoms with Crippen molar-refractivity contribution in [1.29, 1.82) is 0 Å². The number of nitrogens with zero attached hydrogens (tertiary/aromatic N) is 2. The number of hydrogen-bond acceptors (Lipinski definition) is 2. The molecule has 0 saturated heterocycles. The van der Waals surface area contributed by atoms with Crippen LogP contribution in [0, 0.1) is 47.4 Å². The molecule has 2 heteroatoms. The number of rotatable bonds is 2. The van der Waals surface area contributed by atoms with E-state index in [4.69, 9.17) is 0 Å². The molecule has 0 atom stereocenters. The van der Waals surface area contributed by atoms with Gasteiger partial charge in [0.15, 0.2) is 0 Å². The van der Waals surface area contributed by atoms with Crippen LogP contribution in [0.5, 0.6) is 0 Å². The maximum absolute atomic E-state index is 2.89. The lowest BCUT2D eigenvalue weighted by Crippen LogP contribution is -2.10. The maximum atomic E-state index is 2.89. The van der Waals surface area contributed by atoms with Crippen LogP contribution in [0.15, 0.2) is 0 Å². The zero-order chi connectivity index (χ0) is 12.2. The van der Waals surface area contributed by atoms with Crippen LogP contribution in [-0.4, -0.2) is 51.1 Å². The summed E-state index contributed by atoms with van der Waals surface area (Å²) in [5.74, 6) is 21.8. The van der Waals surface area contributed by atoms with E-state index in [9.17, 15) is 0 Å². The van der Waals surface area contributed by atoms with Gasteiger partial charge in [0, 0.05) is 0 Å². The lowest BCUT2D eigenvalue weighted by Gasteiger charge is -1.99. The smallest absolute Gasteiger partial charge is 0.0606 e. The van der Waals surface area contributed by atoms with Gasteiger partial charge in [0.2, 0.25) is 0 Å². The lowest BCUT2D eigenvalue weighted by molar-refractivity contribution is 0.464. The summed E-state index contributed by atoms with van der Waals surface area (Å²) in [5, 5.41) is 0. The van der Waals surface area contributed by atoms with Crippen LogP contribution in [-0.2, 0) is 0 Å². The maximum Gasteiger partial charge on any atom is 0.0606 e. The lowest BCUT2D eigenvalue weighted by atomic mass is 10.5. The van der Waals surface area contributed by atoms with Crippen LogP contribution in [0.3, 0.4) is 0 Å². The van der Waals surface area contributed by atoms with Gasteiger partial charge in [0.25, 0.3) is 0 Å². The summed E-state index contributed by atoms with van der Waals surface area (Å²) < 4.78 is 0. The fraction of sp³-hybridized carbons (Fsp3) is 0.429. The molecular formula is C14H16N2. The molecule has 0 fully saturated rings. The van der Waals surface area contributed by atoms with E-state index in [-0.39, 0.29) is 0 Å². The Balaban J connectivity index is 3.94. The van der Waals surface area contributed by atoms with Crippen LogP contribution < -0.4 is 0 Å². The first kappa shape index (κ1) is 14.2. The van der Waals surface area contributed by atoms with Crippen molar-refractivity contribution in [2.45, 2.75) is 0 Å². The van der Waals surface area contributed by atoms with Gasteiger partial charge in [0.05, 0.1) is 13.1 Å². The monoisotopic (exact) mass is 212 g/mol. The van der Waals surface area contributed by atoms with Gasteiger partial charge in [-0.05, 0) is 63.7 Å². The van der Waals surface area contributed by atoms with Crippen LogP contribution in [0.1, 0.15) is 0 Å². The van der Waals surface area contributed by atoms with Gasteiger partial charge in [0.1, 0.15) is 0 Å². The summed E-state index contributed by atoms with van der Waals surface area (Å²) in [4.78, 5) is 3.96. The highest BCUT2D eigenvalue weighted by atomic mass is 15.0. The largest absolute Gasteiger partial charge is 0.298 e. The van der Waals surface area contributed by atoms with E-state index in [1.807, 2.05) is 38.0 Å². The molecule has 0 heterocycles. The average Bonchev–Trinajstić information content (AvgIpc) is 2.20. The van der Waals surface area contributed by atoms with E-state index < -0.39 is 0 Å². The topological polar surface area (TPSA) is 6.48 Å². The minimum Gasteiger partial charge on any atom is -0.298 e. The standard InChI is InChI=1S/C14H16N2/c1-15(2)13-11-9-7-5-6-8-10-12-14-16(3)4/h13-14H2,1-4H3. The second-order valence-corrected chi connectivity index (χ2v) is 3.58. The summed E-state index contributed by atoms with van der Waals surface area (Å²) in [7, 11) is 7.84. The predicted molar refractivity (Wildman–Crippen MR) is 68.2 cm³/mol. The van der Waals surface area contributed by atoms with Crippen molar-refractivity contribution >= 4 is 0 Å². The van der Waals surface area contributed by atoms with Crippen LogP contribution in [0.25, 0.3) is 0 Å². The third-order valence-corrected chi connectivity index (χ3v) is 1.28. The zero-order valence-electron chi connectivity index (χ0n) is 10.3. The van der Waals surface area contributed by atoms with E-state index >= 15 is 0 Å². The van der Waals surface area contributed by atoms with Gasteiger partial charge in [-0.1, -0.05) is 11.8 Å². The molecule has 0 aromatic carbocycles. The van der Waals surface area contributed by atoms with Crippen molar-refractivity contribution in [2.75, 3.05) is 41.3 Å². The molecule has 0 spiro atoms. The first-order valence-electron chi connectivity index (χ1n) is 4.88. The van der Waals surface area contributed by atoms with Crippen molar-refractivity contribution in [3.05, 3.63) is 0 Å². The molecule has 0 unspecified atom stereocenters. The Labute approximate surface area is 99.0 Å². The molecular weight excluding hydrogens is 196 g/mol. The molecule has 0 aromatic heterocycles. The quantitative estimate of drug-likeness (QED) is 0.600. The first-order chi connectivity index (χ1) is 7.63. The SMILES string of the molecule is CN(C)CC#CC#CC#CC#CCN(C)C. The summed E-state index contributed by atoms with van der Waals surface area (Å²) in [6.07, 6.45) is 0. The molecule has 0 radical (unpaired) electrons. The molecule has 82 valence electrons. The van der Waals surface area contributed by atoms with Gasteiger partial charge in [-0.15, -0.1) is 0 Å². The van der Waals surface area contributed by atoms with Gasteiger partial charge in [-0.3, -0.25) is 9.80 Å². The van der Waals surface area contributed by atoms with E-state index in [0.717, 1.165) is 0 Å². The zero-order valence-corrected chi connectivity index (χ0v) is 10.3. The summed E-state index contributed by atoms with van der Waals surface area (Å²) in [5.41, 5.74) is 0. The van der Waals surface area contributed by atoms with Crippen LogP contribution >= 0.6 is 0 Å². The molecule has 16 heavy (non-hydrogen) atoms. The van der Waals surface area contributed by atoms with Crippen LogP contribution in [0.4, 0.5) is 0 Å². The second-order valence-electron chi connectivity index (χ2n) is 3.58. The highest BCUT2D eigenvalue weighted by Gasteiger charge is 1.78. The third-order valence-electron chi connectivity index (χ3n) is 1.28. The molecule has 0 aliphatic rings. The Morgan fingerprint density at radius 3 is 1.19 bits per heavy atom. The summed E-state index contributed by atoms with van der Waals surface area (Å²) in [6.45, 7) is 1.43. The predicted octanol–water partition coefficient (Wildman–Crippen LogP) is 0.123. The van der Waals surface area contributed by atoms with Gasteiger partial charge in [-0.25, -0.2) is 0 Å². The van der Waals surface area contributed by atoms with Crippen molar-refractivity contribution in [3.8, 4) is 47.4 Å². The average molecular weight is 212 g/mol. The third kappa shape index (κ3) is 12.2. The molecule has 0 rings (SSSR count). The van der Waals surface area contributed by atoms with Gasteiger partial charge >= 0.3 is 0 Å². The van der Waals surface area contributed by atoms with Crippen molar-refractivity contribution < 1.29 is 0 Å². The molecule has 2 nitrogen and oxygen atoms in total. The summed E-state index contributed by atoms with van der Waals surface area (Å²) >= 11 is 0. The molecule has 0 saturated carbocycles. The van der Waals surface area contributed by atoms with Crippen molar-refractivity contribution in [1.82, 2.24) is 9.80 Å². The van der Waals surface area contributed by atoms with E-state index in [2.05, 4.69) is 47.4 Å². The molecule has 0 aliphatic heterocycles. The number of hydrogen-bond donors (Lipinski definition) is 0. The van der Waals surface area contributed by atoms with E-state index in [1.54, 1.807) is 0 Å². The Morgan fingerprint density at radius 2 is 0.875 bits per heavy atom. The van der Waals surface area contributed by atoms with Gasteiger partial charge < -0.3 is 0 Å². The molecule has 0 N–H and O–H groups in total. The fourth-order valence-corrected chi connectivity index (χ4v) is 0.609. The molecule has 0 aliphatic carbocycles. The Hall–Kier alpha value is -1.84. The van der Waals surface area contributed by atoms with Crippen molar-refractivity contribution in [3.63, 3.8) is 0 Å². The van der Waals surface area contributed by atoms with Gasteiger partial charge in [-0.2, -0.15) is 0 Å². The minimum absolute atomic E-state index is 0.713. The summed E-state index contributed by atoms with van der Waals surface area (Å²) in [6, 6.07) is 0. The molecule has 0 aromatic rings. The molecule has 0 bridgehead atoms. The Bertz CT molecular complexity index is 384. The fourth-order valence-electron chi connectivity index (χ4n) is 0.609. The molecule has 0 amide bonds. The normalized spacial score (nSPS) is 7.62. The van der Waals surface area contributed by atoms with E-state index in [1.165, 1.54) is 0 Å². The minimum atomic E-state index is 0.713. The Kier molecular flexibility index (Phi) is 8.59. The van der Waals surface area contributed by atoms with Crippen molar-refractivity contribution in [2.24, 2.45) is 0 Å². The highest BCUT2D eigenvalue weighted by Crippen LogP contribution is 1.68. The second kappa shape index (κ2) is 9.71. The first-order valence-corrected chi connectivity index (χ1v) is 4.88. The Morgan fingerprint density at radius 1 is 0.562 bits per heavy atom. The van der Waals surface area contributed by atoms with E-state index in [0.29, 0.717) is 13.1 Å². The van der Waals surface area contributed by atoms with Crippen LogP contribution in [0.2, 0.25) is 0 Å².